The highest BCUT2D eigenvalue weighted by atomic mass is 79.9. The first-order valence-corrected chi connectivity index (χ1v) is 17.4. The summed E-state index contributed by atoms with van der Waals surface area (Å²) in [5.41, 5.74) is 5.26. The van der Waals surface area contributed by atoms with Crippen LogP contribution in [0.25, 0.3) is 10.9 Å². The van der Waals surface area contributed by atoms with Crippen LogP contribution in [0.15, 0.2) is 71.2 Å². The fraction of sp³-hybridized carbons (Fsp3) is 0.389. The number of rotatable bonds is 6. The van der Waals surface area contributed by atoms with Gasteiger partial charge in [0.25, 0.3) is 0 Å². The van der Waals surface area contributed by atoms with Crippen molar-refractivity contribution in [3.63, 3.8) is 0 Å². The minimum Gasteiger partial charge on any atom is -0.434 e. The molecule has 2 aromatic heterocycles. The van der Waals surface area contributed by atoms with E-state index in [0.717, 1.165) is 63.3 Å². The van der Waals surface area contributed by atoms with E-state index in [0.29, 0.717) is 16.0 Å². The molecule has 49 heavy (non-hydrogen) atoms. The Balaban J connectivity index is 0.000000239. The van der Waals surface area contributed by atoms with E-state index in [1.165, 1.54) is 43.3 Å². The second-order valence-corrected chi connectivity index (χ2v) is 13.2. The minimum absolute atomic E-state index is 0.0647. The number of hydrogen-bond donors (Lipinski definition) is 4. The van der Waals surface area contributed by atoms with E-state index in [9.17, 15) is 8.78 Å². The van der Waals surface area contributed by atoms with Gasteiger partial charge in [-0.1, -0.05) is 12.7 Å². The number of benzene rings is 2. The summed E-state index contributed by atoms with van der Waals surface area (Å²) in [6.45, 7) is 19.5. The fourth-order valence-corrected chi connectivity index (χ4v) is 6.04. The molecule has 2 aromatic carbocycles. The molecule has 5 heterocycles. The lowest BCUT2D eigenvalue weighted by Crippen LogP contribution is -2.43. The van der Waals surface area contributed by atoms with Crippen molar-refractivity contribution in [2.45, 2.75) is 27.2 Å². The Morgan fingerprint density at radius 2 is 1.69 bits per heavy atom. The van der Waals surface area contributed by atoms with Gasteiger partial charge < -0.3 is 40.4 Å². The number of halogens is 3. The van der Waals surface area contributed by atoms with E-state index in [1.807, 2.05) is 24.3 Å². The SMILES string of the molecule is C=C(C)N1CCN(C)CC1.CC1=CCCN1.Cc1cc2c(F)c(Oc3ncnc(Nc4ccc(N5CCNCC5)cc4)c3Br)cc(F)c2[nH]1. The van der Waals surface area contributed by atoms with Crippen molar-refractivity contribution in [2.75, 3.05) is 76.2 Å². The Bertz CT molecular complexity index is 1750. The lowest BCUT2D eigenvalue weighted by atomic mass is 10.2. The molecule has 0 radical (unpaired) electrons. The highest BCUT2D eigenvalue weighted by molar-refractivity contribution is 9.10. The van der Waals surface area contributed by atoms with Gasteiger partial charge in [-0.2, -0.15) is 0 Å². The van der Waals surface area contributed by atoms with Gasteiger partial charge in [0.1, 0.15) is 10.8 Å². The molecule has 4 aromatic rings. The second kappa shape index (κ2) is 17.0. The molecular formula is C36H46BrF2N9O. The molecule has 0 bridgehead atoms. The van der Waals surface area contributed by atoms with Gasteiger partial charge in [0, 0.05) is 98.8 Å². The lowest BCUT2D eigenvalue weighted by Gasteiger charge is -2.33. The van der Waals surface area contributed by atoms with E-state index < -0.39 is 11.6 Å². The van der Waals surface area contributed by atoms with Crippen LogP contribution in [-0.2, 0) is 0 Å². The zero-order valence-electron chi connectivity index (χ0n) is 28.7. The van der Waals surface area contributed by atoms with Crippen molar-refractivity contribution >= 4 is 44.0 Å². The van der Waals surface area contributed by atoms with Gasteiger partial charge in [-0.25, -0.2) is 18.7 Å². The number of fused-ring (bicyclic) bond motifs is 1. The molecule has 0 spiro atoms. The normalized spacial score (nSPS) is 16.2. The third-order valence-corrected chi connectivity index (χ3v) is 9.23. The molecular weight excluding hydrogens is 692 g/mol. The molecule has 13 heteroatoms. The van der Waals surface area contributed by atoms with Crippen molar-refractivity contribution in [3.05, 3.63) is 88.6 Å². The summed E-state index contributed by atoms with van der Waals surface area (Å²) < 4.78 is 35.4. The number of allylic oxidation sites excluding steroid dienone is 2. The fourth-order valence-electron chi connectivity index (χ4n) is 5.66. The number of nitrogens with one attached hydrogen (secondary N) is 4. The molecule has 0 amide bonds. The van der Waals surface area contributed by atoms with E-state index in [4.69, 9.17) is 4.74 Å². The average molecular weight is 739 g/mol. The Morgan fingerprint density at radius 3 is 2.31 bits per heavy atom. The highest BCUT2D eigenvalue weighted by Crippen LogP contribution is 2.37. The van der Waals surface area contributed by atoms with E-state index in [-0.39, 0.29) is 22.5 Å². The summed E-state index contributed by atoms with van der Waals surface area (Å²) in [4.78, 5) is 18.1. The third kappa shape index (κ3) is 9.71. The van der Waals surface area contributed by atoms with Crippen molar-refractivity contribution in [1.29, 1.82) is 0 Å². The molecule has 4 N–H and O–H groups in total. The number of ether oxygens (including phenoxy) is 1. The first kappa shape index (κ1) is 36.1. The standard InChI is InChI=1S/C23H21BrF2N6O.C8H16N2.C5H9N/c1-13-10-16-20(26)18(11-17(25)21(16)30-13)33-23-19(24)22(28-12-29-23)31-14-2-4-15(5-3-14)32-8-6-27-7-9-32;1-8(2)10-6-4-9(3)5-7-10;1-5-3-2-4-6-5/h2-5,10-12,27,30H,6-9H2,1H3,(H,28,29,31);1,4-7H2,2-3H3;3,6H,2,4H2,1H3. The van der Waals surface area contributed by atoms with Gasteiger partial charge >= 0.3 is 0 Å². The van der Waals surface area contributed by atoms with Gasteiger partial charge in [0.2, 0.25) is 5.88 Å². The summed E-state index contributed by atoms with van der Waals surface area (Å²) >= 11 is 3.42. The largest absolute Gasteiger partial charge is 0.434 e. The van der Waals surface area contributed by atoms with Crippen LogP contribution in [0.5, 0.6) is 11.6 Å². The van der Waals surface area contributed by atoms with Crippen molar-refractivity contribution in [2.24, 2.45) is 0 Å². The van der Waals surface area contributed by atoms with Gasteiger partial charge in [0.15, 0.2) is 23.2 Å². The Kier molecular flexibility index (Phi) is 12.5. The number of aromatic amines is 1. The van der Waals surface area contributed by atoms with Crippen LogP contribution in [0.4, 0.5) is 26.0 Å². The number of nitrogens with zero attached hydrogens (tertiary/aromatic N) is 5. The molecule has 0 unspecified atom stereocenters. The van der Waals surface area contributed by atoms with Crippen molar-refractivity contribution in [1.82, 2.24) is 35.4 Å². The van der Waals surface area contributed by atoms with Crippen molar-refractivity contribution < 1.29 is 13.5 Å². The number of aromatic nitrogens is 3. The van der Waals surface area contributed by atoms with Gasteiger partial charge in [0.05, 0.1) is 5.52 Å². The predicted octanol–water partition coefficient (Wildman–Crippen LogP) is 6.90. The molecule has 3 aliphatic heterocycles. The number of piperazine rings is 2. The van der Waals surface area contributed by atoms with E-state index >= 15 is 0 Å². The molecule has 3 aliphatic rings. The van der Waals surface area contributed by atoms with Crippen LogP contribution in [0.1, 0.15) is 26.0 Å². The number of likely N-dealkylation sites (N-methyl/N-ethyl adjacent to an activating group) is 1. The smallest absolute Gasteiger partial charge is 0.239 e. The molecule has 7 rings (SSSR count). The summed E-state index contributed by atoms with van der Waals surface area (Å²) in [7, 11) is 2.16. The van der Waals surface area contributed by atoms with Crippen LogP contribution < -0.4 is 25.6 Å². The summed E-state index contributed by atoms with van der Waals surface area (Å²) in [5.74, 6) is -1.03. The predicted molar refractivity (Wildman–Crippen MR) is 198 cm³/mol. The first-order chi connectivity index (χ1) is 23.6. The maximum absolute atomic E-state index is 14.9. The summed E-state index contributed by atoms with van der Waals surface area (Å²) in [6.07, 6.45) is 4.72. The molecule has 2 saturated heterocycles. The quantitative estimate of drug-likeness (QED) is 0.169. The molecule has 10 nitrogen and oxygen atoms in total. The average Bonchev–Trinajstić information content (AvgIpc) is 3.75. The van der Waals surface area contributed by atoms with Gasteiger partial charge in [-0.05, 0) is 80.5 Å². The zero-order valence-corrected chi connectivity index (χ0v) is 30.3. The maximum atomic E-state index is 14.9. The van der Waals surface area contributed by atoms with Crippen LogP contribution >= 0.6 is 15.9 Å². The number of hydrogen-bond acceptors (Lipinski definition) is 9. The lowest BCUT2D eigenvalue weighted by molar-refractivity contribution is 0.187. The van der Waals surface area contributed by atoms with Crippen LogP contribution in [-0.4, -0.2) is 90.7 Å². The first-order valence-electron chi connectivity index (χ1n) is 16.6. The highest BCUT2D eigenvalue weighted by Gasteiger charge is 2.19. The Labute approximate surface area is 295 Å². The number of aryl methyl sites for hydroxylation is 1. The Hall–Kier alpha value is -4.20. The van der Waals surface area contributed by atoms with E-state index in [1.54, 1.807) is 6.92 Å². The van der Waals surface area contributed by atoms with Crippen LogP contribution in [0.2, 0.25) is 0 Å². The third-order valence-electron chi connectivity index (χ3n) is 8.52. The monoisotopic (exact) mass is 737 g/mol. The molecule has 0 saturated carbocycles. The maximum Gasteiger partial charge on any atom is 0.239 e. The van der Waals surface area contributed by atoms with E-state index in [2.05, 4.69) is 95.1 Å². The Morgan fingerprint density at radius 1 is 0.980 bits per heavy atom. The number of anilines is 3. The topological polar surface area (TPSA) is 96.6 Å². The molecule has 0 aliphatic carbocycles. The van der Waals surface area contributed by atoms with Crippen LogP contribution in [0.3, 0.4) is 0 Å². The van der Waals surface area contributed by atoms with Crippen LogP contribution in [0, 0.1) is 18.6 Å². The minimum atomic E-state index is -0.667. The number of H-pyrrole nitrogens is 1. The molecule has 0 atom stereocenters. The van der Waals surface area contributed by atoms with Crippen molar-refractivity contribution in [3.8, 4) is 11.6 Å². The van der Waals surface area contributed by atoms with Gasteiger partial charge in [-0.15, -0.1) is 0 Å². The zero-order chi connectivity index (χ0) is 34.9. The summed E-state index contributed by atoms with van der Waals surface area (Å²) in [6, 6.07) is 10.6. The summed E-state index contributed by atoms with van der Waals surface area (Å²) in [5, 5.41) is 9.85. The second-order valence-electron chi connectivity index (χ2n) is 12.4. The molecule has 2 fully saturated rings. The molecule has 262 valence electrons. The van der Waals surface area contributed by atoms with Gasteiger partial charge in [-0.3, -0.25) is 0 Å².